The van der Waals surface area contributed by atoms with Crippen molar-refractivity contribution in [3.8, 4) is 0 Å². The molecule has 3 rings (SSSR count). The van der Waals surface area contributed by atoms with E-state index in [-0.39, 0.29) is 35.1 Å². The standard InChI is InChI=1S/C19H15Cl3F3NO/c1-11-6-15(2-3-16(11)17(22)27)26-5-4-18(10-26,19(23,24)25)12-7-13(20)9-14(21)8-12/h2-3,6-9H,4-5,10H2,1H3. The highest BCUT2D eigenvalue weighted by Crippen LogP contribution is 2.49. The summed E-state index contributed by atoms with van der Waals surface area (Å²) in [7, 11) is 0. The average Bonchev–Trinajstić information content (AvgIpc) is 3.00. The monoisotopic (exact) mass is 435 g/mol. The normalized spacial score (nSPS) is 20.2. The molecule has 1 atom stereocenters. The molecule has 1 unspecified atom stereocenters. The van der Waals surface area contributed by atoms with Crippen molar-refractivity contribution in [3.63, 3.8) is 0 Å². The number of rotatable bonds is 3. The van der Waals surface area contributed by atoms with Crippen molar-refractivity contribution in [2.24, 2.45) is 0 Å². The van der Waals surface area contributed by atoms with Gasteiger partial charge >= 0.3 is 6.18 Å². The third kappa shape index (κ3) is 3.78. The lowest BCUT2D eigenvalue weighted by atomic mass is 9.79. The highest BCUT2D eigenvalue weighted by atomic mass is 35.5. The predicted molar refractivity (Wildman–Crippen MR) is 102 cm³/mol. The summed E-state index contributed by atoms with van der Waals surface area (Å²) in [5, 5.41) is -0.264. The first-order valence-corrected chi connectivity index (χ1v) is 9.26. The van der Waals surface area contributed by atoms with Gasteiger partial charge in [-0.3, -0.25) is 4.79 Å². The van der Waals surface area contributed by atoms with Gasteiger partial charge in [0, 0.05) is 34.4 Å². The van der Waals surface area contributed by atoms with E-state index in [4.69, 9.17) is 34.8 Å². The van der Waals surface area contributed by atoms with Crippen LogP contribution < -0.4 is 4.90 Å². The number of carbonyl (C=O) groups is 1. The second-order valence-corrected chi connectivity index (χ2v) is 7.90. The molecule has 1 heterocycles. The highest BCUT2D eigenvalue weighted by Gasteiger charge is 2.59. The van der Waals surface area contributed by atoms with Crippen LogP contribution in [0.4, 0.5) is 18.9 Å². The first-order chi connectivity index (χ1) is 12.5. The molecule has 8 heteroatoms. The number of hydrogen-bond acceptors (Lipinski definition) is 2. The molecule has 144 valence electrons. The van der Waals surface area contributed by atoms with E-state index in [1.807, 2.05) is 0 Å². The molecule has 0 radical (unpaired) electrons. The van der Waals surface area contributed by atoms with Gasteiger partial charge in [0.25, 0.3) is 5.24 Å². The molecule has 0 spiro atoms. The summed E-state index contributed by atoms with van der Waals surface area (Å²) in [6, 6.07) is 8.88. The van der Waals surface area contributed by atoms with Crippen molar-refractivity contribution in [2.75, 3.05) is 18.0 Å². The van der Waals surface area contributed by atoms with Crippen LogP contribution in [0.5, 0.6) is 0 Å². The van der Waals surface area contributed by atoms with Gasteiger partial charge in [0.15, 0.2) is 0 Å². The molecule has 1 aliphatic heterocycles. The van der Waals surface area contributed by atoms with Gasteiger partial charge in [0.2, 0.25) is 0 Å². The quantitative estimate of drug-likeness (QED) is 0.520. The number of aryl methyl sites for hydroxylation is 1. The van der Waals surface area contributed by atoms with Gasteiger partial charge in [-0.05, 0) is 72.5 Å². The molecule has 0 amide bonds. The van der Waals surface area contributed by atoms with E-state index in [9.17, 15) is 18.0 Å². The van der Waals surface area contributed by atoms with Crippen LogP contribution in [0.2, 0.25) is 10.0 Å². The van der Waals surface area contributed by atoms with Gasteiger partial charge in [0.05, 0.1) is 0 Å². The van der Waals surface area contributed by atoms with Crippen molar-refractivity contribution in [3.05, 3.63) is 63.1 Å². The molecule has 0 N–H and O–H groups in total. The maximum absolute atomic E-state index is 14.1. The van der Waals surface area contributed by atoms with Crippen LogP contribution in [0.25, 0.3) is 0 Å². The number of anilines is 1. The van der Waals surface area contributed by atoms with E-state index in [0.29, 0.717) is 16.8 Å². The molecular formula is C19H15Cl3F3NO. The molecule has 0 bridgehead atoms. The Kier molecular flexibility index (Phi) is 5.41. The van der Waals surface area contributed by atoms with E-state index in [2.05, 4.69) is 0 Å². The van der Waals surface area contributed by atoms with Crippen LogP contribution in [-0.4, -0.2) is 24.5 Å². The lowest BCUT2D eigenvalue weighted by molar-refractivity contribution is -0.184. The zero-order chi connectivity index (χ0) is 20.0. The van der Waals surface area contributed by atoms with E-state index in [0.717, 1.165) is 0 Å². The minimum Gasteiger partial charge on any atom is -0.370 e. The summed E-state index contributed by atoms with van der Waals surface area (Å²) in [5.41, 5.74) is -0.463. The van der Waals surface area contributed by atoms with Crippen molar-refractivity contribution in [1.29, 1.82) is 0 Å². The number of benzene rings is 2. The molecule has 2 aromatic rings. The number of hydrogen-bond donors (Lipinski definition) is 0. The Morgan fingerprint density at radius 2 is 1.74 bits per heavy atom. The third-order valence-corrected chi connectivity index (χ3v) is 5.65. The second-order valence-electron chi connectivity index (χ2n) is 6.68. The molecule has 2 nitrogen and oxygen atoms in total. The number of alkyl halides is 3. The molecular weight excluding hydrogens is 422 g/mol. The largest absolute Gasteiger partial charge is 0.400 e. The van der Waals surface area contributed by atoms with Crippen LogP contribution in [-0.2, 0) is 5.41 Å². The van der Waals surface area contributed by atoms with Crippen molar-refractivity contribution in [1.82, 2.24) is 0 Å². The van der Waals surface area contributed by atoms with E-state index >= 15 is 0 Å². The smallest absolute Gasteiger partial charge is 0.370 e. The van der Waals surface area contributed by atoms with Crippen molar-refractivity contribution in [2.45, 2.75) is 24.9 Å². The Balaban J connectivity index is 2.01. The van der Waals surface area contributed by atoms with Gasteiger partial charge in [-0.1, -0.05) is 23.2 Å². The van der Waals surface area contributed by atoms with E-state index < -0.39 is 16.8 Å². The summed E-state index contributed by atoms with van der Waals surface area (Å²) >= 11 is 17.4. The molecule has 0 aliphatic carbocycles. The Morgan fingerprint density at radius 1 is 1.11 bits per heavy atom. The summed E-state index contributed by atoms with van der Waals surface area (Å²) in [5.74, 6) is 0. The minimum absolute atomic E-state index is 0.0549. The van der Waals surface area contributed by atoms with E-state index in [1.165, 1.54) is 24.3 Å². The summed E-state index contributed by atoms with van der Waals surface area (Å²) in [6.45, 7) is 1.64. The molecule has 0 aromatic heterocycles. The fourth-order valence-corrected chi connectivity index (χ4v) is 4.29. The fourth-order valence-electron chi connectivity index (χ4n) is 3.56. The Labute approximate surface area is 169 Å². The maximum atomic E-state index is 14.1. The summed E-state index contributed by atoms with van der Waals surface area (Å²) in [4.78, 5) is 13.0. The molecule has 2 aromatic carbocycles. The first kappa shape index (κ1) is 20.3. The topological polar surface area (TPSA) is 20.3 Å². The highest BCUT2D eigenvalue weighted by molar-refractivity contribution is 6.67. The van der Waals surface area contributed by atoms with Crippen LogP contribution in [0.15, 0.2) is 36.4 Å². The Hall–Kier alpha value is -1.43. The van der Waals surface area contributed by atoms with Gasteiger partial charge in [0.1, 0.15) is 5.41 Å². The lowest BCUT2D eigenvalue weighted by Gasteiger charge is -2.33. The molecule has 27 heavy (non-hydrogen) atoms. The van der Waals surface area contributed by atoms with Crippen LogP contribution in [0, 0.1) is 6.92 Å². The van der Waals surface area contributed by atoms with Crippen LogP contribution in [0.1, 0.15) is 27.9 Å². The number of carbonyl (C=O) groups excluding carboxylic acids is 1. The van der Waals surface area contributed by atoms with Gasteiger partial charge in [-0.2, -0.15) is 13.2 Å². The molecule has 0 saturated carbocycles. The minimum atomic E-state index is -4.48. The zero-order valence-corrected chi connectivity index (χ0v) is 16.5. The molecule has 1 fully saturated rings. The van der Waals surface area contributed by atoms with Crippen molar-refractivity contribution < 1.29 is 18.0 Å². The van der Waals surface area contributed by atoms with Crippen molar-refractivity contribution >= 4 is 45.7 Å². The van der Waals surface area contributed by atoms with Gasteiger partial charge in [-0.15, -0.1) is 0 Å². The molecule has 1 saturated heterocycles. The number of nitrogens with zero attached hydrogens (tertiary/aromatic N) is 1. The first-order valence-electron chi connectivity index (χ1n) is 8.12. The van der Waals surface area contributed by atoms with E-state index in [1.54, 1.807) is 24.0 Å². The summed E-state index contributed by atoms with van der Waals surface area (Å²) < 4.78 is 42.4. The summed E-state index contributed by atoms with van der Waals surface area (Å²) in [6.07, 6.45) is -4.60. The van der Waals surface area contributed by atoms with Gasteiger partial charge < -0.3 is 4.90 Å². The third-order valence-electron chi connectivity index (χ3n) is 5.01. The SMILES string of the molecule is Cc1cc(N2CCC(c3cc(Cl)cc(Cl)c3)(C(F)(F)F)C2)ccc1C(=O)Cl. The lowest BCUT2D eigenvalue weighted by Crippen LogP contribution is -2.44. The fraction of sp³-hybridized carbons (Fsp3) is 0.316. The number of halogens is 6. The molecule has 1 aliphatic rings. The average molecular weight is 437 g/mol. The Morgan fingerprint density at radius 3 is 2.26 bits per heavy atom. The zero-order valence-electron chi connectivity index (χ0n) is 14.2. The maximum Gasteiger partial charge on any atom is 0.400 e. The second kappa shape index (κ2) is 7.19. The van der Waals surface area contributed by atoms with Crippen LogP contribution >= 0.6 is 34.8 Å². The predicted octanol–water partition coefficient (Wildman–Crippen LogP) is 6.39. The van der Waals surface area contributed by atoms with Gasteiger partial charge in [-0.25, -0.2) is 0 Å². The van der Waals surface area contributed by atoms with Crippen LogP contribution in [0.3, 0.4) is 0 Å². The Bertz CT molecular complexity index is 880.